The van der Waals surface area contributed by atoms with Crippen LogP contribution in [0.1, 0.15) is 20.9 Å². The van der Waals surface area contributed by atoms with Crippen molar-refractivity contribution in [2.75, 3.05) is 19.4 Å². The number of aliphatic hydroxyl groups excluding tert-OH is 1. The van der Waals surface area contributed by atoms with Gasteiger partial charge in [0, 0.05) is 22.1 Å². The fraction of sp³-hybridized carbons (Fsp3) is 0.281. The van der Waals surface area contributed by atoms with E-state index in [1.807, 2.05) is 77.5 Å². The summed E-state index contributed by atoms with van der Waals surface area (Å²) in [4.78, 5) is 43.4. The van der Waals surface area contributed by atoms with Gasteiger partial charge in [0.05, 0.1) is 20.1 Å². The standard InChI is InChI=1S/C32H30N2O6S3/c1-39-24-10-6-21(7-11-24)16-40-31(38)32(26-13-23(17-42-26)22-8-4-20(15-35)5-9-22)18-34-29(37)28(30(34)43-19-32)33-27(36)14-25-3-2-12-41-25/h2-13,17,28,30,35H,14-16,18-19H2,1H3,(H,33,36)/t28-,30-,32?/m1/s1. The molecule has 2 fully saturated rings. The number of esters is 1. The molecule has 0 radical (unpaired) electrons. The largest absolute Gasteiger partial charge is 0.497 e. The normalized spacial score (nSPS) is 21.1. The predicted octanol–water partition coefficient (Wildman–Crippen LogP) is 4.60. The Labute approximate surface area is 261 Å². The maximum absolute atomic E-state index is 14.0. The van der Waals surface area contributed by atoms with Gasteiger partial charge in [0.25, 0.3) is 0 Å². The summed E-state index contributed by atoms with van der Waals surface area (Å²) < 4.78 is 11.1. The molecule has 4 aromatic rings. The molecular formula is C32H30N2O6S3. The van der Waals surface area contributed by atoms with Gasteiger partial charge in [-0.2, -0.15) is 0 Å². The van der Waals surface area contributed by atoms with E-state index >= 15 is 0 Å². The number of aliphatic hydroxyl groups is 1. The SMILES string of the molecule is COc1ccc(COC(=O)C2(c3cc(-c4ccc(CO)cc4)cs3)CS[C@@H]3[C@H](NC(=O)Cc4cccs4)C(=O)N3C2)cc1. The lowest BCUT2D eigenvalue weighted by Crippen LogP contribution is -2.74. The summed E-state index contributed by atoms with van der Waals surface area (Å²) in [6.07, 6.45) is 0.234. The summed E-state index contributed by atoms with van der Waals surface area (Å²) >= 11 is 4.47. The number of amides is 2. The lowest BCUT2D eigenvalue weighted by Gasteiger charge is -2.53. The van der Waals surface area contributed by atoms with Gasteiger partial charge >= 0.3 is 5.97 Å². The topological polar surface area (TPSA) is 105 Å². The number of thiophene rings is 2. The van der Waals surface area contributed by atoms with E-state index in [0.29, 0.717) is 11.5 Å². The zero-order valence-corrected chi connectivity index (χ0v) is 25.8. The van der Waals surface area contributed by atoms with E-state index in [1.54, 1.807) is 12.0 Å². The van der Waals surface area contributed by atoms with Gasteiger partial charge < -0.3 is 24.8 Å². The van der Waals surface area contributed by atoms with E-state index in [9.17, 15) is 19.5 Å². The Kier molecular flexibility index (Phi) is 8.58. The van der Waals surface area contributed by atoms with Gasteiger partial charge in [0.15, 0.2) is 0 Å². The van der Waals surface area contributed by atoms with E-state index < -0.39 is 17.4 Å². The molecule has 2 aliphatic heterocycles. The molecular weight excluding hydrogens is 605 g/mol. The first kappa shape index (κ1) is 29.4. The molecule has 222 valence electrons. The van der Waals surface area contributed by atoms with Crippen LogP contribution >= 0.6 is 34.4 Å². The Bertz CT molecular complexity index is 1600. The first-order chi connectivity index (χ1) is 20.9. The highest BCUT2D eigenvalue weighted by atomic mass is 32.2. The average molecular weight is 635 g/mol. The second-order valence-electron chi connectivity index (χ2n) is 10.5. The first-order valence-corrected chi connectivity index (χ1v) is 16.5. The van der Waals surface area contributed by atoms with Crippen molar-refractivity contribution in [1.29, 1.82) is 0 Å². The summed E-state index contributed by atoms with van der Waals surface area (Å²) in [5.74, 6) is 0.347. The number of benzene rings is 2. The van der Waals surface area contributed by atoms with Crippen molar-refractivity contribution in [3.63, 3.8) is 0 Å². The van der Waals surface area contributed by atoms with E-state index in [0.717, 1.165) is 32.0 Å². The van der Waals surface area contributed by atoms with Gasteiger partial charge in [-0.1, -0.05) is 42.5 Å². The molecule has 3 atom stereocenters. The van der Waals surface area contributed by atoms with Gasteiger partial charge in [-0.05, 0) is 57.3 Å². The molecule has 1 unspecified atom stereocenters. The van der Waals surface area contributed by atoms with Crippen molar-refractivity contribution < 1.29 is 29.0 Å². The molecule has 4 heterocycles. The number of nitrogens with one attached hydrogen (secondary N) is 1. The summed E-state index contributed by atoms with van der Waals surface area (Å²) in [5, 5.41) is 16.0. The van der Waals surface area contributed by atoms with Gasteiger partial charge in [-0.15, -0.1) is 34.4 Å². The molecule has 6 rings (SSSR count). The number of thioether (sulfide) groups is 1. The third-order valence-electron chi connectivity index (χ3n) is 7.77. The van der Waals surface area contributed by atoms with E-state index in [-0.39, 0.29) is 43.4 Å². The average Bonchev–Trinajstić information content (AvgIpc) is 3.75. The number of hydrogen-bond acceptors (Lipinski definition) is 9. The summed E-state index contributed by atoms with van der Waals surface area (Å²) in [5.41, 5.74) is 2.50. The van der Waals surface area contributed by atoms with Gasteiger partial charge in [0.1, 0.15) is 29.2 Å². The second-order valence-corrected chi connectivity index (χ2v) is 13.6. The second kappa shape index (κ2) is 12.5. The minimum atomic E-state index is -1.07. The third kappa shape index (κ3) is 5.95. The maximum Gasteiger partial charge on any atom is 0.320 e. The highest BCUT2D eigenvalue weighted by molar-refractivity contribution is 8.00. The van der Waals surface area contributed by atoms with Crippen LogP contribution < -0.4 is 10.1 Å². The Hall–Kier alpha value is -3.64. The van der Waals surface area contributed by atoms with E-state index in [2.05, 4.69) is 5.32 Å². The van der Waals surface area contributed by atoms with Gasteiger partial charge in [-0.25, -0.2) is 0 Å². The van der Waals surface area contributed by atoms with Gasteiger partial charge in [-0.3, -0.25) is 14.4 Å². The van der Waals surface area contributed by atoms with Crippen LogP contribution in [0.15, 0.2) is 77.5 Å². The van der Waals surface area contributed by atoms with Crippen molar-refractivity contribution in [2.45, 2.75) is 36.5 Å². The van der Waals surface area contributed by atoms with Crippen LogP contribution in [0.5, 0.6) is 5.75 Å². The Morgan fingerprint density at radius 1 is 1.05 bits per heavy atom. The number of carbonyl (C=O) groups excluding carboxylic acids is 3. The molecule has 0 aliphatic carbocycles. The summed E-state index contributed by atoms with van der Waals surface area (Å²) in [6, 6.07) is 20.2. The van der Waals surface area contributed by atoms with Crippen LogP contribution in [-0.2, 0) is 44.2 Å². The van der Waals surface area contributed by atoms with Crippen molar-refractivity contribution in [1.82, 2.24) is 10.2 Å². The Morgan fingerprint density at radius 2 is 1.81 bits per heavy atom. The zero-order chi connectivity index (χ0) is 30.0. The molecule has 2 amide bonds. The fourth-order valence-corrected chi connectivity index (χ4v) is 8.74. The molecule has 11 heteroatoms. The molecule has 2 saturated heterocycles. The van der Waals surface area contributed by atoms with Crippen LogP contribution in [-0.4, -0.2) is 58.6 Å². The smallest absolute Gasteiger partial charge is 0.320 e. The van der Waals surface area contributed by atoms with Crippen molar-refractivity contribution in [2.24, 2.45) is 0 Å². The minimum absolute atomic E-state index is 0.0317. The molecule has 43 heavy (non-hydrogen) atoms. The number of β-lactam (4-membered cyclic amide) rings is 1. The van der Waals surface area contributed by atoms with Crippen molar-refractivity contribution in [3.05, 3.63) is 98.4 Å². The number of methoxy groups -OCH3 is 1. The van der Waals surface area contributed by atoms with Crippen LogP contribution in [0.25, 0.3) is 11.1 Å². The fourth-order valence-electron chi connectivity index (χ4n) is 5.29. The molecule has 0 saturated carbocycles. The summed E-state index contributed by atoms with van der Waals surface area (Å²) in [7, 11) is 1.60. The number of fused-ring (bicyclic) bond motifs is 1. The Morgan fingerprint density at radius 3 is 2.51 bits per heavy atom. The van der Waals surface area contributed by atoms with Crippen LogP contribution in [0, 0.1) is 0 Å². The lowest BCUT2D eigenvalue weighted by molar-refractivity contribution is -0.158. The molecule has 0 bridgehead atoms. The Balaban J connectivity index is 1.22. The third-order valence-corrected chi connectivity index (χ3v) is 11.3. The molecule has 0 spiro atoms. The zero-order valence-electron chi connectivity index (χ0n) is 23.4. The van der Waals surface area contributed by atoms with E-state index in [4.69, 9.17) is 9.47 Å². The first-order valence-electron chi connectivity index (χ1n) is 13.7. The van der Waals surface area contributed by atoms with Gasteiger partial charge in [0.2, 0.25) is 11.8 Å². The quantitative estimate of drug-likeness (QED) is 0.194. The monoisotopic (exact) mass is 634 g/mol. The van der Waals surface area contributed by atoms with Crippen LogP contribution in [0.4, 0.5) is 0 Å². The number of nitrogens with zero attached hydrogens (tertiary/aromatic N) is 1. The molecule has 2 N–H and O–H groups in total. The van der Waals surface area contributed by atoms with Crippen LogP contribution in [0.2, 0.25) is 0 Å². The number of carbonyl (C=O) groups is 3. The van der Waals surface area contributed by atoms with E-state index in [1.165, 1.54) is 34.4 Å². The molecule has 2 aliphatic rings. The lowest BCUT2D eigenvalue weighted by atomic mass is 9.84. The van der Waals surface area contributed by atoms with Crippen LogP contribution in [0.3, 0.4) is 0 Å². The maximum atomic E-state index is 14.0. The number of rotatable bonds is 10. The minimum Gasteiger partial charge on any atom is -0.497 e. The highest BCUT2D eigenvalue weighted by Gasteiger charge is 2.59. The molecule has 2 aromatic carbocycles. The molecule has 8 nitrogen and oxygen atoms in total. The van der Waals surface area contributed by atoms with Crippen molar-refractivity contribution >= 4 is 52.2 Å². The predicted molar refractivity (Wildman–Crippen MR) is 168 cm³/mol. The summed E-state index contributed by atoms with van der Waals surface area (Å²) in [6.45, 7) is 0.233. The highest BCUT2D eigenvalue weighted by Crippen LogP contribution is 2.47. The number of ether oxygens (including phenoxy) is 2. The van der Waals surface area contributed by atoms with Crippen molar-refractivity contribution in [3.8, 4) is 16.9 Å². The number of hydrogen-bond donors (Lipinski definition) is 2. The molecule has 2 aromatic heterocycles.